The van der Waals surface area contributed by atoms with Gasteiger partial charge in [0.2, 0.25) is 0 Å². The van der Waals surface area contributed by atoms with Crippen molar-refractivity contribution in [1.82, 2.24) is 19.1 Å². The Morgan fingerprint density at radius 3 is 2.85 bits per heavy atom. The zero-order chi connectivity index (χ0) is 19.4. The summed E-state index contributed by atoms with van der Waals surface area (Å²) in [5, 5.41) is 1.81. The zero-order valence-corrected chi connectivity index (χ0v) is 17.3. The van der Waals surface area contributed by atoms with Crippen molar-refractivity contribution >= 4 is 34.3 Å². The maximum Gasteiger partial charge on any atom is 0.262 e. The third-order valence-corrected chi connectivity index (χ3v) is 5.32. The van der Waals surface area contributed by atoms with E-state index < -0.39 is 0 Å². The fourth-order valence-corrected chi connectivity index (χ4v) is 3.88. The van der Waals surface area contributed by atoms with Gasteiger partial charge in [0.15, 0.2) is 5.16 Å². The predicted molar refractivity (Wildman–Crippen MR) is 109 cm³/mol. The molecule has 0 fully saturated rings. The number of hydrogen-bond acceptors (Lipinski definition) is 5. The Bertz CT molecular complexity index is 983. The summed E-state index contributed by atoms with van der Waals surface area (Å²) >= 11 is 7.59. The summed E-state index contributed by atoms with van der Waals surface area (Å²) in [5.41, 5.74) is 0.563. The maximum atomic E-state index is 13.0. The van der Waals surface area contributed by atoms with Gasteiger partial charge in [-0.25, -0.2) is 9.97 Å². The van der Waals surface area contributed by atoms with Gasteiger partial charge in [0, 0.05) is 37.6 Å². The molecule has 0 atom stereocenters. The molecule has 0 aliphatic rings. The fourth-order valence-electron chi connectivity index (χ4n) is 2.69. The van der Waals surface area contributed by atoms with E-state index in [-0.39, 0.29) is 11.7 Å². The van der Waals surface area contributed by atoms with Crippen LogP contribution in [0.3, 0.4) is 0 Å². The number of halogens is 1. The molecule has 0 amide bonds. The van der Waals surface area contributed by atoms with Gasteiger partial charge < -0.3 is 9.30 Å². The van der Waals surface area contributed by atoms with Gasteiger partial charge in [-0.05, 0) is 38.5 Å². The molecule has 8 heteroatoms. The molecule has 6 nitrogen and oxygen atoms in total. The molecular weight excluding hydrogens is 384 g/mol. The van der Waals surface area contributed by atoms with Crippen LogP contribution in [0.5, 0.6) is 0 Å². The third kappa shape index (κ3) is 4.91. The fraction of sp³-hybridized carbons (Fsp3) is 0.421. The average molecular weight is 407 g/mol. The molecule has 0 N–H and O–H groups in total. The topological polar surface area (TPSA) is 61.9 Å². The molecule has 1 aromatic carbocycles. The third-order valence-electron chi connectivity index (χ3n) is 4.11. The molecule has 0 saturated heterocycles. The molecule has 0 saturated carbocycles. The van der Waals surface area contributed by atoms with Gasteiger partial charge in [-0.1, -0.05) is 23.4 Å². The van der Waals surface area contributed by atoms with Gasteiger partial charge in [0.1, 0.15) is 5.82 Å². The molecule has 0 aliphatic carbocycles. The number of thioether (sulfide) groups is 1. The van der Waals surface area contributed by atoms with Crippen molar-refractivity contribution in [3.63, 3.8) is 0 Å². The molecule has 27 heavy (non-hydrogen) atoms. The van der Waals surface area contributed by atoms with Gasteiger partial charge in [0.25, 0.3) is 5.56 Å². The summed E-state index contributed by atoms with van der Waals surface area (Å²) in [5.74, 6) is 1.56. The lowest BCUT2D eigenvalue weighted by atomic mass is 10.2. The Morgan fingerprint density at radius 1 is 1.33 bits per heavy atom. The molecule has 0 radical (unpaired) electrons. The quantitative estimate of drug-likeness (QED) is 0.322. The number of rotatable bonds is 8. The van der Waals surface area contributed by atoms with Crippen molar-refractivity contribution in [2.75, 3.05) is 6.61 Å². The number of aromatic nitrogens is 4. The number of imidazole rings is 1. The van der Waals surface area contributed by atoms with Crippen LogP contribution in [0.4, 0.5) is 0 Å². The van der Waals surface area contributed by atoms with Crippen molar-refractivity contribution in [3.8, 4) is 0 Å². The second-order valence-corrected chi connectivity index (χ2v) is 7.91. The summed E-state index contributed by atoms with van der Waals surface area (Å²) in [6, 6.07) is 5.19. The van der Waals surface area contributed by atoms with E-state index in [0.29, 0.717) is 40.0 Å². The van der Waals surface area contributed by atoms with Gasteiger partial charge >= 0.3 is 0 Å². The van der Waals surface area contributed by atoms with Crippen LogP contribution < -0.4 is 5.56 Å². The van der Waals surface area contributed by atoms with Crippen molar-refractivity contribution < 1.29 is 4.74 Å². The number of ether oxygens (including phenoxy) is 1. The van der Waals surface area contributed by atoms with Crippen LogP contribution in [0.25, 0.3) is 10.9 Å². The molecule has 2 heterocycles. The Kier molecular flexibility index (Phi) is 6.57. The second kappa shape index (κ2) is 8.91. The van der Waals surface area contributed by atoms with E-state index in [1.165, 1.54) is 11.8 Å². The molecule has 144 valence electrons. The van der Waals surface area contributed by atoms with Gasteiger partial charge in [-0.2, -0.15) is 0 Å². The first-order valence-corrected chi connectivity index (χ1v) is 10.2. The molecule has 2 aromatic heterocycles. The lowest BCUT2D eigenvalue weighted by Gasteiger charge is -2.14. The van der Waals surface area contributed by atoms with E-state index in [0.717, 1.165) is 12.2 Å². The standard InChI is InChI=1S/C19H23ClN4O2S/c1-13(2)26-10-4-8-24-18(25)15-6-5-14(20)11-16(15)22-19(24)27-12-17-21-7-9-23(17)3/h5-7,9,11,13H,4,8,10,12H2,1-3H3. The number of aryl methyl sites for hydroxylation is 1. The van der Waals surface area contributed by atoms with Crippen LogP contribution in [0.2, 0.25) is 5.02 Å². The van der Waals surface area contributed by atoms with E-state index in [9.17, 15) is 4.79 Å². The minimum absolute atomic E-state index is 0.0523. The summed E-state index contributed by atoms with van der Waals surface area (Å²) in [6.07, 6.45) is 4.59. The Balaban J connectivity index is 1.90. The lowest BCUT2D eigenvalue weighted by Crippen LogP contribution is -2.24. The van der Waals surface area contributed by atoms with Crippen LogP contribution >= 0.6 is 23.4 Å². The molecule has 0 unspecified atom stereocenters. The highest BCUT2D eigenvalue weighted by atomic mass is 35.5. The number of benzene rings is 1. The monoisotopic (exact) mass is 406 g/mol. The van der Waals surface area contributed by atoms with E-state index in [2.05, 4.69) is 4.98 Å². The van der Waals surface area contributed by atoms with Crippen LogP contribution in [-0.4, -0.2) is 31.8 Å². The zero-order valence-electron chi connectivity index (χ0n) is 15.7. The number of hydrogen-bond donors (Lipinski definition) is 0. The molecule has 0 aliphatic heterocycles. The smallest absolute Gasteiger partial charge is 0.262 e. The van der Waals surface area contributed by atoms with E-state index in [1.807, 2.05) is 31.7 Å². The summed E-state index contributed by atoms with van der Waals surface area (Å²) < 4.78 is 9.30. The first-order valence-electron chi connectivity index (χ1n) is 8.86. The van der Waals surface area contributed by atoms with Crippen molar-refractivity contribution in [2.45, 2.75) is 43.8 Å². The number of fused-ring (bicyclic) bond motifs is 1. The van der Waals surface area contributed by atoms with Crippen LogP contribution in [0.1, 0.15) is 26.1 Å². The van der Waals surface area contributed by atoms with E-state index in [4.69, 9.17) is 21.3 Å². The molecular formula is C19H23ClN4O2S. The lowest BCUT2D eigenvalue weighted by molar-refractivity contribution is 0.0743. The average Bonchev–Trinajstić information content (AvgIpc) is 3.03. The molecule has 3 rings (SSSR count). The van der Waals surface area contributed by atoms with Gasteiger partial charge in [-0.3, -0.25) is 9.36 Å². The van der Waals surface area contributed by atoms with E-state index in [1.54, 1.807) is 29.0 Å². The molecule has 0 spiro atoms. The van der Waals surface area contributed by atoms with Crippen molar-refractivity contribution in [1.29, 1.82) is 0 Å². The SMILES string of the molecule is CC(C)OCCCn1c(SCc2nccn2C)nc2cc(Cl)ccc2c1=O. The maximum absolute atomic E-state index is 13.0. The van der Waals surface area contributed by atoms with Crippen LogP contribution in [-0.2, 0) is 24.1 Å². The van der Waals surface area contributed by atoms with Crippen LogP contribution in [0.15, 0.2) is 40.5 Å². The Hall–Kier alpha value is -1.83. The second-order valence-electron chi connectivity index (χ2n) is 6.53. The predicted octanol–water partition coefficient (Wildman–Crippen LogP) is 3.89. The minimum Gasteiger partial charge on any atom is -0.379 e. The highest BCUT2D eigenvalue weighted by Gasteiger charge is 2.13. The normalized spacial score (nSPS) is 11.6. The van der Waals surface area contributed by atoms with Crippen molar-refractivity contribution in [2.24, 2.45) is 7.05 Å². The minimum atomic E-state index is -0.0523. The van der Waals surface area contributed by atoms with Crippen LogP contribution in [0, 0.1) is 0 Å². The van der Waals surface area contributed by atoms with Crippen molar-refractivity contribution in [3.05, 3.63) is 51.8 Å². The largest absolute Gasteiger partial charge is 0.379 e. The first kappa shape index (κ1) is 19.9. The van der Waals surface area contributed by atoms with Gasteiger partial charge in [0.05, 0.1) is 22.8 Å². The first-order chi connectivity index (χ1) is 13.0. The highest BCUT2D eigenvalue weighted by Crippen LogP contribution is 2.23. The Morgan fingerprint density at radius 2 is 2.15 bits per heavy atom. The summed E-state index contributed by atoms with van der Waals surface area (Å²) in [4.78, 5) is 22.1. The number of nitrogens with zero attached hydrogens (tertiary/aromatic N) is 4. The Labute approximate surface area is 167 Å². The molecule has 3 aromatic rings. The molecule has 0 bridgehead atoms. The van der Waals surface area contributed by atoms with Gasteiger partial charge in [-0.15, -0.1) is 0 Å². The highest BCUT2D eigenvalue weighted by molar-refractivity contribution is 7.98. The van der Waals surface area contributed by atoms with E-state index >= 15 is 0 Å². The summed E-state index contributed by atoms with van der Waals surface area (Å²) in [6.45, 7) is 5.16. The summed E-state index contributed by atoms with van der Waals surface area (Å²) in [7, 11) is 1.95.